The van der Waals surface area contributed by atoms with Gasteiger partial charge in [0.1, 0.15) is 5.03 Å². The van der Waals surface area contributed by atoms with Gasteiger partial charge in [-0.2, -0.15) is 5.10 Å². The summed E-state index contributed by atoms with van der Waals surface area (Å²) < 4.78 is 1.70. The lowest BCUT2D eigenvalue weighted by molar-refractivity contribution is 0.250. The third-order valence-corrected chi connectivity index (χ3v) is 2.96. The Bertz CT molecular complexity index is 274. The molecule has 1 aromatic rings. The summed E-state index contributed by atoms with van der Waals surface area (Å²) in [7, 11) is 1.84. The second-order valence-electron chi connectivity index (χ2n) is 3.16. The summed E-state index contributed by atoms with van der Waals surface area (Å²) in [4.78, 5) is 0. The summed E-state index contributed by atoms with van der Waals surface area (Å²) in [5.74, 6) is 1.13. The van der Waals surface area contributed by atoms with Crippen molar-refractivity contribution in [2.75, 3.05) is 18.1 Å². The van der Waals surface area contributed by atoms with Crippen LogP contribution in [0.25, 0.3) is 0 Å². The summed E-state index contributed by atoms with van der Waals surface area (Å²) in [6.45, 7) is 2.20. The smallest absolute Gasteiger partial charge is 0.141 e. The van der Waals surface area contributed by atoms with Gasteiger partial charge in [0.2, 0.25) is 0 Å². The second kappa shape index (κ2) is 4.53. The summed E-state index contributed by atoms with van der Waals surface area (Å²) in [5.41, 5.74) is 6.41. The zero-order chi connectivity index (χ0) is 9.84. The molecule has 1 rings (SSSR count). The van der Waals surface area contributed by atoms with Crippen LogP contribution in [0.3, 0.4) is 0 Å². The number of aliphatic hydroxyl groups is 1. The third-order valence-electron chi connectivity index (χ3n) is 1.64. The maximum absolute atomic E-state index is 8.82. The summed E-state index contributed by atoms with van der Waals surface area (Å²) in [6.07, 6.45) is 1.78. The molecule has 0 saturated heterocycles. The fourth-order valence-electron chi connectivity index (χ4n) is 0.872. The molecule has 1 unspecified atom stereocenters. The molecule has 0 radical (unpaired) electrons. The quantitative estimate of drug-likeness (QED) is 0.705. The zero-order valence-electron chi connectivity index (χ0n) is 7.90. The first-order valence-corrected chi connectivity index (χ1v) is 5.14. The Hall–Kier alpha value is -0.680. The molecular weight excluding hydrogens is 186 g/mol. The van der Waals surface area contributed by atoms with Crippen molar-refractivity contribution in [3.63, 3.8) is 0 Å². The van der Waals surface area contributed by atoms with Gasteiger partial charge in [0.05, 0.1) is 5.69 Å². The Balaban J connectivity index is 2.49. The van der Waals surface area contributed by atoms with Gasteiger partial charge in [0.15, 0.2) is 0 Å². The molecule has 0 aliphatic carbocycles. The Morgan fingerprint density at radius 1 is 1.77 bits per heavy atom. The van der Waals surface area contributed by atoms with Gasteiger partial charge in [0.25, 0.3) is 0 Å². The highest BCUT2D eigenvalue weighted by atomic mass is 32.2. The van der Waals surface area contributed by atoms with Crippen molar-refractivity contribution in [3.05, 3.63) is 6.20 Å². The van der Waals surface area contributed by atoms with Crippen LogP contribution in [0, 0.1) is 5.92 Å². The Labute approximate surface area is 82.1 Å². The van der Waals surface area contributed by atoms with Crippen LogP contribution in [0.15, 0.2) is 11.2 Å². The van der Waals surface area contributed by atoms with Crippen LogP contribution in [0.4, 0.5) is 5.69 Å². The molecule has 1 heterocycles. The summed E-state index contributed by atoms with van der Waals surface area (Å²) >= 11 is 1.58. The van der Waals surface area contributed by atoms with Crippen LogP contribution in [0.1, 0.15) is 6.92 Å². The molecule has 3 N–H and O–H groups in total. The standard InChI is InChI=1S/C8H15N3OS/c1-6(4-12)5-13-8-7(9)3-11(2)10-8/h3,6,12H,4-5,9H2,1-2H3. The molecule has 0 aliphatic heterocycles. The van der Waals surface area contributed by atoms with Crippen LogP contribution in [-0.2, 0) is 7.05 Å². The second-order valence-corrected chi connectivity index (χ2v) is 4.17. The molecule has 4 nitrogen and oxygen atoms in total. The van der Waals surface area contributed by atoms with E-state index in [2.05, 4.69) is 5.10 Å². The molecule has 0 bridgehead atoms. The molecule has 1 atom stereocenters. The van der Waals surface area contributed by atoms with Crippen molar-refractivity contribution >= 4 is 17.4 Å². The number of thioether (sulfide) groups is 1. The number of nitrogen functional groups attached to an aromatic ring is 1. The number of nitrogens with zero attached hydrogens (tertiary/aromatic N) is 2. The van der Waals surface area contributed by atoms with Crippen molar-refractivity contribution in [1.29, 1.82) is 0 Å². The number of aromatic nitrogens is 2. The number of aryl methyl sites for hydroxylation is 1. The van der Waals surface area contributed by atoms with E-state index in [9.17, 15) is 0 Å². The highest BCUT2D eigenvalue weighted by molar-refractivity contribution is 7.99. The fraction of sp³-hybridized carbons (Fsp3) is 0.625. The SMILES string of the molecule is CC(CO)CSc1nn(C)cc1N. The van der Waals surface area contributed by atoms with E-state index in [-0.39, 0.29) is 12.5 Å². The highest BCUT2D eigenvalue weighted by Gasteiger charge is 2.07. The van der Waals surface area contributed by atoms with Gasteiger partial charge in [-0.15, -0.1) is 11.8 Å². The maximum atomic E-state index is 8.82. The van der Waals surface area contributed by atoms with E-state index in [4.69, 9.17) is 10.8 Å². The average molecular weight is 201 g/mol. The third kappa shape index (κ3) is 2.93. The fourth-order valence-corrected chi connectivity index (χ4v) is 1.83. The number of rotatable bonds is 4. The van der Waals surface area contributed by atoms with Crippen LogP contribution < -0.4 is 5.73 Å². The van der Waals surface area contributed by atoms with Crippen molar-refractivity contribution in [2.45, 2.75) is 11.9 Å². The van der Waals surface area contributed by atoms with Crippen molar-refractivity contribution in [1.82, 2.24) is 9.78 Å². The minimum atomic E-state index is 0.208. The van der Waals surface area contributed by atoms with Gasteiger partial charge in [-0.25, -0.2) is 0 Å². The first kappa shape index (κ1) is 10.4. The topological polar surface area (TPSA) is 64.1 Å². The van der Waals surface area contributed by atoms with Gasteiger partial charge in [0, 0.05) is 25.6 Å². The lowest BCUT2D eigenvalue weighted by atomic mass is 10.2. The molecule has 0 spiro atoms. The van der Waals surface area contributed by atoms with E-state index in [1.807, 2.05) is 14.0 Å². The number of anilines is 1. The Morgan fingerprint density at radius 3 is 2.92 bits per heavy atom. The molecule has 0 fully saturated rings. The zero-order valence-corrected chi connectivity index (χ0v) is 8.71. The minimum absolute atomic E-state index is 0.208. The average Bonchev–Trinajstić information content (AvgIpc) is 2.41. The molecule has 0 amide bonds. The lowest BCUT2D eigenvalue weighted by Gasteiger charge is -2.04. The maximum Gasteiger partial charge on any atom is 0.141 e. The number of hydrogen-bond acceptors (Lipinski definition) is 4. The highest BCUT2D eigenvalue weighted by Crippen LogP contribution is 2.24. The van der Waals surface area contributed by atoms with Gasteiger partial charge >= 0.3 is 0 Å². The van der Waals surface area contributed by atoms with Crippen molar-refractivity contribution in [3.8, 4) is 0 Å². The number of aliphatic hydroxyl groups excluding tert-OH is 1. The van der Waals surface area contributed by atoms with E-state index in [1.165, 1.54) is 0 Å². The summed E-state index contributed by atoms with van der Waals surface area (Å²) in [6, 6.07) is 0. The van der Waals surface area contributed by atoms with E-state index in [1.54, 1.807) is 22.6 Å². The molecule has 5 heteroatoms. The van der Waals surface area contributed by atoms with E-state index in [0.29, 0.717) is 5.69 Å². The predicted molar refractivity (Wildman–Crippen MR) is 54.6 cm³/mol. The van der Waals surface area contributed by atoms with Crippen molar-refractivity contribution in [2.24, 2.45) is 13.0 Å². The molecule has 74 valence electrons. The normalized spacial score (nSPS) is 13.2. The van der Waals surface area contributed by atoms with E-state index in [0.717, 1.165) is 10.8 Å². The molecular formula is C8H15N3OS. The lowest BCUT2D eigenvalue weighted by Crippen LogP contribution is -2.03. The Morgan fingerprint density at radius 2 is 2.46 bits per heavy atom. The Kier molecular flexibility index (Phi) is 3.62. The molecule has 1 aromatic heterocycles. The van der Waals surface area contributed by atoms with Crippen molar-refractivity contribution < 1.29 is 5.11 Å². The molecule has 0 saturated carbocycles. The predicted octanol–water partition coefficient (Wildman–Crippen LogP) is 0.723. The first-order chi connectivity index (χ1) is 6.13. The van der Waals surface area contributed by atoms with Gasteiger partial charge in [-0.1, -0.05) is 6.92 Å². The van der Waals surface area contributed by atoms with Crippen LogP contribution in [0.5, 0.6) is 0 Å². The van der Waals surface area contributed by atoms with Crippen LogP contribution in [0.2, 0.25) is 0 Å². The monoisotopic (exact) mass is 201 g/mol. The largest absolute Gasteiger partial charge is 0.396 e. The van der Waals surface area contributed by atoms with Gasteiger partial charge in [-0.05, 0) is 5.92 Å². The molecule has 13 heavy (non-hydrogen) atoms. The van der Waals surface area contributed by atoms with Gasteiger partial charge < -0.3 is 10.8 Å². The summed E-state index contributed by atoms with van der Waals surface area (Å²) in [5, 5.41) is 13.9. The number of hydrogen-bond donors (Lipinski definition) is 2. The van der Waals surface area contributed by atoms with E-state index >= 15 is 0 Å². The van der Waals surface area contributed by atoms with Crippen LogP contribution >= 0.6 is 11.8 Å². The molecule has 0 aliphatic rings. The van der Waals surface area contributed by atoms with Crippen LogP contribution in [-0.4, -0.2) is 27.2 Å². The first-order valence-electron chi connectivity index (χ1n) is 4.16. The van der Waals surface area contributed by atoms with E-state index < -0.39 is 0 Å². The van der Waals surface area contributed by atoms with Gasteiger partial charge in [-0.3, -0.25) is 4.68 Å². The number of nitrogens with two attached hydrogens (primary N) is 1. The molecule has 0 aromatic carbocycles. The minimum Gasteiger partial charge on any atom is -0.396 e.